The van der Waals surface area contributed by atoms with Gasteiger partial charge >= 0.3 is 0 Å². The Balaban J connectivity index is 2.12. The molecule has 2 N–H and O–H groups in total. The first-order valence-corrected chi connectivity index (χ1v) is 4.80. The topological polar surface area (TPSA) is 46.3 Å². The van der Waals surface area contributed by atoms with E-state index in [4.69, 9.17) is 5.73 Å². The molecule has 1 unspecified atom stereocenters. The molecule has 1 aliphatic carbocycles. The number of fused-ring (bicyclic) bond motifs is 1. The molecule has 0 bridgehead atoms. The molecule has 0 aromatic heterocycles. The van der Waals surface area contributed by atoms with Crippen LogP contribution in [-0.2, 0) is 4.79 Å². The van der Waals surface area contributed by atoms with Gasteiger partial charge in [0.05, 0.1) is 6.04 Å². The first-order valence-electron chi connectivity index (χ1n) is 4.80. The van der Waals surface area contributed by atoms with Gasteiger partial charge in [-0.2, -0.15) is 0 Å². The second kappa shape index (κ2) is 2.73. The zero-order valence-corrected chi connectivity index (χ0v) is 7.49. The molecule has 68 valence electrons. The van der Waals surface area contributed by atoms with Gasteiger partial charge in [-0.1, -0.05) is 0 Å². The van der Waals surface area contributed by atoms with Crippen molar-refractivity contribution in [2.75, 3.05) is 6.54 Å². The number of likely N-dealkylation sites (tertiary alicyclic amines) is 1. The number of amides is 1. The summed E-state index contributed by atoms with van der Waals surface area (Å²) in [5.74, 6) is 0.935. The Morgan fingerprint density at radius 3 is 3.00 bits per heavy atom. The smallest absolute Gasteiger partial charge is 0.239 e. The highest BCUT2D eigenvalue weighted by Gasteiger charge is 2.46. The fourth-order valence-corrected chi connectivity index (χ4v) is 2.21. The van der Waals surface area contributed by atoms with Crippen LogP contribution in [0.5, 0.6) is 0 Å². The van der Waals surface area contributed by atoms with E-state index >= 15 is 0 Å². The molecule has 2 rings (SSSR count). The Bertz CT molecular complexity index is 205. The Morgan fingerprint density at radius 2 is 2.33 bits per heavy atom. The van der Waals surface area contributed by atoms with Crippen LogP contribution in [0.2, 0.25) is 0 Å². The Kier molecular flexibility index (Phi) is 1.83. The van der Waals surface area contributed by atoms with Crippen LogP contribution < -0.4 is 5.73 Å². The molecule has 3 atom stereocenters. The molecule has 1 amide bonds. The predicted octanol–water partition coefficient (Wildman–Crippen LogP) is 0.344. The SMILES string of the molecule is CCN1C(=O)C(N)CC[C@@H]2C[C@@H]21. The van der Waals surface area contributed by atoms with Gasteiger partial charge in [0, 0.05) is 12.6 Å². The summed E-state index contributed by atoms with van der Waals surface area (Å²) in [5, 5.41) is 0. The largest absolute Gasteiger partial charge is 0.338 e. The van der Waals surface area contributed by atoms with E-state index in [1.165, 1.54) is 6.42 Å². The van der Waals surface area contributed by atoms with E-state index in [9.17, 15) is 4.79 Å². The quantitative estimate of drug-likeness (QED) is 0.614. The minimum absolute atomic E-state index is 0.169. The van der Waals surface area contributed by atoms with Crippen molar-refractivity contribution in [2.45, 2.75) is 38.3 Å². The molecule has 1 saturated heterocycles. The number of hydrogen-bond donors (Lipinski definition) is 1. The fourth-order valence-electron chi connectivity index (χ4n) is 2.21. The third-order valence-corrected chi connectivity index (χ3v) is 3.08. The van der Waals surface area contributed by atoms with Crippen LogP contribution in [0, 0.1) is 5.92 Å². The van der Waals surface area contributed by atoms with Gasteiger partial charge in [-0.05, 0) is 32.1 Å². The maximum Gasteiger partial charge on any atom is 0.239 e. The van der Waals surface area contributed by atoms with E-state index in [0.717, 1.165) is 25.3 Å². The van der Waals surface area contributed by atoms with Crippen LogP contribution in [0.1, 0.15) is 26.2 Å². The summed E-state index contributed by atoms with van der Waals surface area (Å²) in [5.41, 5.74) is 5.74. The molecule has 2 aliphatic rings. The number of carbonyl (C=O) groups excluding carboxylic acids is 1. The van der Waals surface area contributed by atoms with Crippen molar-refractivity contribution in [1.82, 2.24) is 4.90 Å². The summed E-state index contributed by atoms with van der Waals surface area (Å²) < 4.78 is 0. The highest BCUT2D eigenvalue weighted by molar-refractivity contribution is 5.82. The molecule has 3 heteroatoms. The van der Waals surface area contributed by atoms with Gasteiger partial charge in [-0.15, -0.1) is 0 Å². The summed E-state index contributed by atoms with van der Waals surface area (Å²) in [6.07, 6.45) is 3.25. The summed E-state index contributed by atoms with van der Waals surface area (Å²) in [6.45, 7) is 2.86. The lowest BCUT2D eigenvalue weighted by molar-refractivity contribution is -0.132. The van der Waals surface area contributed by atoms with Gasteiger partial charge in [0.15, 0.2) is 0 Å². The Morgan fingerprint density at radius 1 is 1.58 bits per heavy atom. The molecule has 0 spiro atoms. The van der Waals surface area contributed by atoms with Crippen LogP contribution in [0.3, 0.4) is 0 Å². The van der Waals surface area contributed by atoms with Crippen molar-refractivity contribution in [3.05, 3.63) is 0 Å². The number of carbonyl (C=O) groups is 1. The second-order valence-electron chi connectivity index (χ2n) is 3.87. The van der Waals surface area contributed by atoms with E-state index in [1.54, 1.807) is 0 Å². The summed E-state index contributed by atoms with van der Waals surface area (Å²) in [6, 6.07) is 0.314. The second-order valence-corrected chi connectivity index (χ2v) is 3.87. The zero-order chi connectivity index (χ0) is 8.72. The Hall–Kier alpha value is -0.570. The van der Waals surface area contributed by atoms with E-state index in [-0.39, 0.29) is 11.9 Å². The minimum Gasteiger partial charge on any atom is -0.338 e. The van der Waals surface area contributed by atoms with Crippen molar-refractivity contribution in [3.63, 3.8) is 0 Å². The fraction of sp³-hybridized carbons (Fsp3) is 0.889. The van der Waals surface area contributed by atoms with E-state index in [0.29, 0.717) is 6.04 Å². The number of likely N-dealkylation sites (N-methyl/N-ethyl adjacent to an activating group) is 1. The molecule has 1 heterocycles. The molecular formula is C9H16N2O. The van der Waals surface area contributed by atoms with Gasteiger partial charge < -0.3 is 10.6 Å². The van der Waals surface area contributed by atoms with Gasteiger partial charge in [0.2, 0.25) is 5.91 Å². The summed E-state index contributed by atoms with van der Waals surface area (Å²) in [7, 11) is 0. The standard InChI is InChI=1S/C9H16N2O/c1-2-11-8-5-6(8)3-4-7(10)9(11)12/h6-8H,2-5,10H2,1H3/t6-,7?,8+/m1/s1. The van der Waals surface area contributed by atoms with Crippen LogP contribution in [0.15, 0.2) is 0 Å². The lowest BCUT2D eigenvalue weighted by atomic mass is 10.1. The van der Waals surface area contributed by atoms with E-state index < -0.39 is 0 Å². The predicted molar refractivity (Wildman–Crippen MR) is 46.5 cm³/mol. The lowest BCUT2D eigenvalue weighted by Crippen LogP contribution is -2.43. The zero-order valence-electron chi connectivity index (χ0n) is 7.49. The lowest BCUT2D eigenvalue weighted by Gasteiger charge is -2.21. The molecule has 2 fully saturated rings. The average Bonchev–Trinajstić information content (AvgIpc) is 2.80. The van der Waals surface area contributed by atoms with Crippen molar-refractivity contribution >= 4 is 5.91 Å². The minimum atomic E-state index is -0.224. The highest BCUT2D eigenvalue weighted by Crippen LogP contribution is 2.41. The first-order chi connectivity index (χ1) is 5.74. The van der Waals surface area contributed by atoms with Crippen LogP contribution in [0.25, 0.3) is 0 Å². The summed E-state index contributed by atoms with van der Waals surface area (Å²) in [4.78, 5) is 13.6. The molecule has 12 heavy (non-hydrogen) atoms. The third kappa shape index (κ3) is 1.12. The van der Waals surface area contributed by atoms with Crippen LogP contribution in [-0.4, -0.2) is 29.4 Å². The van der Waals surface area contributed by atoms with Gasteiger partial charge in [0.25, 0.3) is 0 Å². The van der Waals surface area contributed by atoms with E-state index in [2.05, 4.69) is 0 Å². The van der Waals surface area contributed by atoms with Crippen LogP contribution >= 0.6 is 0 Å². The number of nitrogens with two attached hydrogens (primary N) is 1. The summed E-state index contributed by atoms with van der Waals surface area (Å²) >= 11 is 0. The average molecular weight is 168 g/mol. The van der Waals surface area contributed by atoms with Crippen LogP contribution in [0.4, 0.5) is 0 Å². The monoisotopic (exact) mass is 168 g/mol. The molecule has 3 nitrogen and oxygen atoms in total. The van der Waals surface area contributed by atoms with Crippen molar-refractivity contribution in [3.8, 4) is 0 Å². The highest BCUT2D eigenvalue weighted by atomic mass is 16.2. The van der Waals surface area contributed by atoms with Crippen molar-refractivity contribution in [1.29, 1.82) is 0 Å². The number of hydrogen-bond acceptors (Lipinski definition) is 2. The van der Waals surface area contributed by atoms with E-state index in [1.807, 2.05) is 11.8 Å². The molecule has 0 aromatic rings. The molecule has 0 aromatic carbocycles. The van der Waals surface area contributed by atoms with Gasteiger partial charge in [0.1, 0.15) is 0 Å². The third-order valence-electron chi connectivity index (χ3n) is 3.08. The maximum atomic E-state index is 11.6. The number of rotatable bonds is 1. The maximum absolute atomic E-state index is 11.6. The normalized spacial score (nSPS) is 40.7. The Labute approximate surface area is 72.9 Å². The molecule has 1 saturated carbocycles. The molecular weight excluding hydrogens is 152 g/mol. The molecule has 1 aliphatic heterocycles. The molecule has 0 radical (unpaired) electrons. The van der Waals surface area contributed by atoms with Gasteiger partial charge in [-0.3, -0.25) is 4.79 Å². The first kappa shape index (κ1) is 8.05. The van der Waals surface area contributed by atoms with Crippen molar-refractivity contribution < 1.29 is 4.79 Å². The number of nitrogens with zero attached hydrogens (tertiary/aromatic N) is 1. The van der Waals surface area contributed by atoms with Crippen molar-refractivity contribution in [2.24, 2.45) is 11.7 Å². The van der Waals surface area contributed by atoms with Gasteiger partial charge in [-0.25, -0.2) is 0 Å².